The number of nitrogens with zero attached hydrogens (tertiary/aromatic N) is 2. The molecular weight excluding hydrogens is 280 g/mol. The molecule has 2 aromatic rings. The molecule has 0 aliphatic rings. The van der Waals surface area contributed by atoms with Crippen LogP contribution in [0.4, 0.5) is 0 Å². The number of ether oxygens (including phenoxy) is 2. The van der Waals surface area contributed by atoms with Gasteiger partial charge in [0.1, 0.15) is 6.61 Å². The molecule has 0 amide bonds. The van der Waals surface area contributed by atoms with Crippen LogP contribution in [0.15, 0.2) is 18.2 Å². The van der Waals surface area contributed by atoms with E-state index < -0.39 is 0 Å². The molecule has 1 heterocycles. The second-order valence-corrected chi connectivity index (χ2v) is 4.74. The van der Waals surface area contributed by atoms with Gasteiger partial charge in [-0.05, 0) is 13.0 Å². The summed E-state index contributed by atoms with van der Waals surface area (Å²) in [6, 6.07) is 5.37. The van der Waals surface area contributed by atoms with Crippen LogP contribution in [0, 0.1) is 6.92 Å². The first-order chi connectivity index (χ1) is 9.58. The monoisotopic (exact) mass is 296 g/mol. The van der Waals surface area contributed by atoms with E-state index in [-0.39, 0.29) is 13.2 Å². The van der Waals surface area contributed by atoms with E-state index in [0.29, 0.717) is 22.1 Å². The van der Waals surface area contributed by atoms with Crippen molar-refractivity contribution in [3.05, 3.63) is 40.2 Å². The van der Waals surface area contributed by atoms with E-state index in [1.54, 1.807) is 30.0 Å². The first-order valence-electron chi connectivity index (χ1n) is 6.16. The summed E-state index contributed by atoms with van der Waals surface area (Å²) in [5.74, 6) is 1.10. The van der Waals surface area contributed by atoms with Crippen molar-refractivity contribution in [3.8, 4) is 11.5 Å². The van der Waals surface area contributed by atoms with Crippen LogP contribution >= 0.6 is 11.6 Å². The van der Waals surface area contributed by atoms with Crippen molar-refractivity contribution in [2.24, 2.45) is 7.05 Å². The Kier molecular flexibility index (Phi) is 4.52. The van der Waals surface area contributed by atoms with E-state index in [0.717, 1.165) is 11.4 Å². The minimum atomic E-state index is -0.120. The van der Waals surface area contributed by atoms with Gasteiger partial charge in [0.15, 0.2) is 11.5 Å². The van der Waals surface area contributed by atoms with Gasteiger partial charge in [-0.15, -0.1) is 0 Å². The molecule has 1 aromatic heterocycles. The predicted octanol–water partition coefficient (Wildman–Crippen LogP) is 2.46. The summed E-state index contributed by atoms with van der Waals surface area (Å²) in [6.45, 7) is 1.97. The normalized spacial score (nSPS) is 10.7. The third kappa shape index (κ3) is 2.73. The first-order valence-corrected chi connectivity index (χ1v) is 6.53. The molecule has 2 rings (SSSR count). The lowest BCUT2D eigenvalue weighted by atomic mass is 10.2. The highest BCUT2D eigenvalue weighted by molar-refractivity contribution is 6.31. The number of benzene rings is 1. The van der Waals surface area contributed by atoms with E-state index in [2.05, 4.69) is 5.10 Å². The number of aromatic nitrogens is 2. The Morgan fingerprint density at radius 2 is 2.15 bits per heavy atom. The van der Waals surface area contributed by atoms with Gasteiger partial charge in [0.2, 0.25) is 0 Å². The molecule has 6 heteroatoms. The number of aliphatic hydroxyl groups excluding tert-OH is 1. The molecule has 0 fully saturated rings. The fourth-order valence-corrected chi connectivity index (χ4v) is 2.20. The van der Waals surface area contributed by atoms with E-state index in [4.69, 9.17) is 21.1 Å². The summed E-state index contributed by atoms with van der Waals surface area (Å²) in [5.41, 5.74) is 2.20. The van der Waals surface area contributed by atoms with Gasteiger partial charge in [-0.25, -0.2) is 0 Å². The van der Waals surface area contributed by atoms with Crippen molar-refractivity contribution in [1.29, 1.82) is 0 Å². The molecule has 0 saturated carbocycles. The molecule has 0 aliphatic carbocycles. The molecule has 1 N–H and O–H groups in total. The maximum atomic E-state index is 9.37. The zero-order valence-corrected chi connectivity index (χ0v) is 12.4. The van der Waals surface area contributed by atoms with Crippen LogP contribution in [-0.4, -0.2) is 22.0 Å². The van der Waals surface area contributed by atoms with Crippen molar-refractivity contribution in [1.82, 2.24) is 9.78 Å². The molecule has 0 unspecified atom stereocenters. The third-order valence-electron chi connectivity index (χ3n) is 3.07. The van der Waals surface area contributed by atoms with Crippen LogP contribution in [0.1, 0.15) is 17.0 Å². The van der Waals surface area contributed by atoms with Gasteiger partial charge in [-0.1, -0.05) is 23.7 Å². The Labute approximate surface area is 122 Å². The van der Waals surface area contributed by atoms with Crippen molar-refractivity contribution in [2.45, 2.75) is 20.1 Å². The molecule has 0 radical (unpaired) electrons. The van der Waals surface area contributed by atoms with Gasteiger partial charge in [0.05, 0.1) is 30.1 Å². The minimum Gasteiger partial charge on any atom is -0.493 e. The molecule has 0 atom stereocenters. The summed E-state index contributed by atoms with van der Waals surface area (Å²) in [5, 5.41) is 14.2. The maximum absolute atomic E-state index is 9.37. The smallest absolute Gasteiger partial charge is 0.167 e. The van der Waals surface area contributed by atoms with Crippen LogP contribution in [0.3, 0.4) is 0 Å². The number of hydrogen-bond acceptors (Lipinski definition) is 4. The van der Waals surface area contributed by atoms with Gasteiger partial charge < -0.3 is 14.6 Å². The average Bonchev–Trinajstić information content (AvgIpc) is 2.69. The number of rotatable bonds is 5. The highest BCUT2D eigenvalue weighted by atomic mass is 35.5. The van der Waals surface area contributed by atoms with Crippen molar-refractivity contribution in [2.75, 3.05) is 7.11 Å². The minimum absolute atomic E-state index is 0.120. The van der Waals surface area contributed by atoms with E-state index in [9.17, 15) is 5.11 Å². The lowest BCUT2D eigenvalue weighted by Crippen LogP contribution is -2.06. The molecular formula is C14H17ClN2O3. The predicted molar refractivity (Wildman–Crippen MR) is 76.2 cm³/mol. The Morgan fingerprint density at radius 1 is 1.40 bits per heavy atom. The van der Waals surface area contributed by atoms with Gasteiger partial charge in [-0.3, -0.25) is 4.68 Å². The second-order valence-electron chi connectivity index (χ2n) is 4.37. The van der Waals surface area contributed by atoms with Gasteiger partial charge >= 0.3 is 0 Å². The Bertz CT molecular complexity index is 588. The Balaban J connectivity index is 2.26. The third-order valence-corrected chi connectivity index (χ3v) is 3.56. The molecule has 0 bridgehead atoms. The molecule has 1 aromatic carbocycles. The summed E-state index contributed by atoms with van der Waals surface area (Å²) < 4.78 is 12.7. The molecule has 20 heavy (non-hydrogen) atoms. The van der Waals surface area contributed by atoms with Crippen molar-refractivity contribution in [3.63, 3.8) is 0 Å². The number of aliphatic hydroxyl groups is 1. The van der Waals surface area contributed by atoms with Crippen LogP contribution < -0.4 is 9.47 Å². The van der Waals surface area contributed by atoms with Crippen molar-refractivity contribution >= 4 is 11.6 Å². The van der Waals surface area contributed by atoms with E-state index >= 15 is 0 Å². The fourth-order valence-electron chi connectivity index (χ4n) is 1.99. The summed E-state index contributed by atoms with van der Waals surface area (Å²) in [7, 11) is 3.37. The number of halogens is 1. The molecule has 0 spiro atoms. The number of para-hydroxylation sites is 1. The highest BCUT2D eigenvalue weighted by Gasteiger charge is 2.15. The summed E-state index contributed by atoms with van der Waals surface area (Å²) in [4.78, 5) is 0. The van der Waals surface area contributed by atoms with Crippen molar-refractivity contribution < 1.29 is 14.6 Å². The standard InChI is InChI=1S/C14H17ClN2O3/c1-9-13(15)11(17(2)16-9)8-20-14-10(7-18)5-4-6-12(14)19-3/h4-6,18H,7-8H2,1-3H3. The van der Waals surface area contributed by atoms with Crippen LogP contribution in [-0.2, 0) is 20.3 Å². The van der Waals surface area contributed by atoms with Gasteiger partial charge in [0, 0.05) is 12.6 Å². The Morgan fingerprint density at radius 3 is 2.70 bits per heavy atom. The van der Waals surface area contributed by atoms with Crippen LogP contribution in [0.25, 0.3) is 0 Å². The van der Waals surface area contributed by atoms with Gasteiger partial charge in [0.25, 0.3) is 0 Å². The zero-order valence-electron chi connectivity index (χ0n) is 11.7. The number of methoxy groups -OCH3 is 1. The SMILES string of the molecule is COc1cccc(CO)c1OCc1c(Cl)c(C)nn1C. The molecule has 108 valence electrons. The van der Waals surface area contributed by atoms with Crippen LogP contribution in [0.2, 0.25) is 5.02 Å². The summed E-state index contributed by atoms with van der Waals surface area (Å²) in [6.07, 6.45) is 0. The molecule has 5 nitrogen and oxygen atoms in total. The number of aryl methyl sites for hydroxylation is 2. The second kappa shape index (κ2) is 6.15. The maximum Gasteiger partial charge on any atom is 0.167 e. The van der Waals surface area contributed by atoms with Crippen LogP contribution in [0.5, 0.6) is 11.5 Å². The van der Waals surface area contributed by atoms with E-state index in [1.807, 2.05) is 14.0 Å². The van der Waals surface area contributed by atoms with Gasteiger partial charge in [-0.2, -0.15) is 5.10 Å². The number of hydrogen-bond donors (Lipinski definition) is 1. The topological polar surface area (TPSA) is 56.5 Å². The Hall–Kier alpha value is -1.72. The lowest BCUT2D eigenvalue weighted by Gasteiger charge is -2.14. The first kappa shape index (κ1) is 14.7. The largest absolute Gasteiger partial charge is 0.493 e. The quantitative estimate of drug-likeness (QED) is 0.921. The highest BCUT2D eigenvalue weighted by Crippen LogP contribution is 2.32. The average molecular weight is 297 g/mol. The zero-order chi connectivity index (χ0) is 14.7. The summed E-state index contributed by atoms with van der Waals surface area (Å²) >= 11 is 6.18. The molecule has 0 saturated heterocycles. The lowest BCUT2D eigenvalue weighted by molar-refractivity contribution is 0.246. The molecule has 0 aliphatic heterocycles. The fraction of sp³-hybridized carbons (Fsp3) is 0.357. The van der Waals surface area contributed by atoms with E-state index in [1.165, 1.54) is 0 Å².